The largest absolute Gasteiger partial charge is 0.480 e. The fourth-order valence-corrected chi connectivity index (χ4v) is 2.02. The van der Waals surface area contributed by atoms with Crippen molar-refractivity contribution in [1.29, 1.82) is 0 Å². The molecule has 1 heterocycles. The van der Waals surface area contributed by atoms with Gasteiger partial charge in [-0.05, 0) is 33.6 Å². The van der Waals surface area contributed by atoms with Gasteiger partial charge < -0.3 is 20.1 Å². The van der Waals surface area contributed by atoms with Crippen LogP contribution in [0.25, 0.3) is 0 Å². The first-order chi connectivity index (χ1) is 8.40. The van der Waals surface area contributed by atoms with Gasteiger partial charge in [0.25, 0.3) is 0 Å². The molecule has 1 fully saturated rings. The van der Waals surface area contributed by atoms with E-state index in [0.717, 1.165) is 12.8 Å². The monoisotopic (exact) mass is 258 g/mol. The van der Waals surface area contributed by atoms with Crippen molar-refractivity contribution < 1.29 is 19.4 Å². The minimum Gasteiger partial charge on any atom is -0.480 e. The normalized spacial score (nSPS) is 23.8. The summed E-state index contributed by atoms with van der Waals surface area (Å²) in [5, 5.41) is 11.7. The molecule has 6 nitrogen and oxygen atoms in total. The number of hydrogen-bond donors (Lipinski definition) is 2. The fourth-order valence-electron chi connectivity index (χ4n) is 2.02. The second-order valence-electron chi connectivity index (χ2n) is 4.97. The Balaban J connectivity index is 2.52. The maximum absolute atomic E-state index is 12.0. The van der Waals surface area contributed by atoms with Crippen LogP contribution in [0.2, 0.25) is 0 Å². The SMILES string of the molecule is CC1CC(NC(=O)N(CC(=O)O)C(C)C)CCO1. The third-order valence-electron chi connectivity index (χ3n) is 3.00. The van der Waals surface area contributed by atoms with E-state index in [2.05, 4.69) is 5.32 Å². The van der Waals surface area contributed by atoms with E-state index in [4.69, 9.17) is 9.84 Å². The molecule has 18 heavy (non-hydrogen) atoms. The molecule has 1 aliphatic heterocycles. The van der Waals surface area contributed by atoms with Gasteiger partial charge in [0.2, 0.25) is 0 Å². The number of carbonyl (C=O) groups is 2. The highest BCUT2D eigenvalue weighted by Crippen LogP contribution is 2.13. The van der Waals surface area contributed by atoms with Gasteiger partial charge in [0.05, 0.1) is 6.10 Å². The number of urea groups is 1. The minimum atomic E-state index is -1.00. The minimum absolute atomic E-state index is 0.0660. The van der Waals surface area contributed by atoms with Crippen molar-refractivity contribution in [3.63, 3.8) is 0 Å². The molecule has 0 aliphatic carbocycles. The lowest BCUT2D eigenvalue weighted by atomic mass is 10.0. The molecule has 6 heteroatoms. The Hall–Kier alpha value is -1.30. The second kappa shape index (κ2) is 6.58. The number of carboxylic acid groups (broad SMARTS) is 1. The summed E-state index contributed by atoms with van der Waals surface area (Å²) >= 11 is 0. The molecule has 1 saturated heterocycles. The molecule has 0 spiro atoms. The number of nitrogens with zero attached hydrogens (tertiary/aromatic N) is 1. The van der Waals surface area contributed by atoms with Gasteiger partial charge in [-0.2, -0.15) is 0 Å². The Bertz CT molecular complexity index is 306. The number of carboxylic acids is 1. The van der Waals surface area contributed by atoms with Crippen LogP contribution in [0.5, 0.6) is 0 Å². The summed E-state index contributed by atoms with van der Waals surface area (Å²) in [6, 6.07) is -0.388. The Labute approximate surface area is 107 Å². The summed E-state index contributed by atoms with van der Waals surface area (Å²) in [6.07, 6.45) is 1.68. The highest BCUT2D eigenvalue weighted by Gasteiger charge is 2.25. The summed E-state index contributed by atoms with van der Waals surface area (Å²) in [7, 11) is 0. The zero-order valence-corrected chi connectivity index (χ0v) is 11.2. The molecule has 0 bridgehead atoms. The number of carbonyl (C=O) groups excluding carboxylic acids is 1. The Morgan fingerprint density at radius 3 is 2.67 bits per heavy atom. The van der Waals surface area contributed by atoms with Gasteiger partial charge >= 0.3 is 12.0 Å². The number of rotatable bonds is 4. The lowest BCUT2D eigenvalue weighted by Crippen LogP contribution is -2.51. The van der Waals surface area contributed by atoms with E-state index in [-0.39, 0.29) is 30.8 Å². The molecule has 0 aromatic carbocycles. The highest BCUT2D eigenvalue weighted by molar-refractivity contribution is 5.80. The lowest BCUT2D eigenvalue weighted by Gasteiger charge is -2.31. The van der Waals surface area contributed by atoms with Crippen molar-refractivity contribution in [1.82, 2.24) is 10.2 Å². The zero-order chi connectivity index (χ0) is 13.7. The molecule has 2 unspecified atom stereocenters. The molecule has 1 rings (SSSR count). The number of ether oxygens (including phenoxy) is 1. The maximum atomic E-state index is 12.0. The van der Waals surface area contributed by atoms with Gasteiger partial charge in [-0.15, -0.1) is 0 Å². The smallest absolute Gasteiger partial charge is 0.323 e. The number of nitrogens with one attached hydrogen (secondary N) is 1. The first-order valence-corrected chi connectivity index (χ1v) is 6.30. The quantitative estimate of drug-likeness (QED) is 0.790. The first kappa shape index (κ1) is 14.8. The van der Waals surface area contributed by atoms with Crippen LogP contribution in [-0.4, -0.2) is 53.3 Å². The molecule has 2 amide bonds. The van der Waals surface area contributed by atoms with E-state index < -0.39 is 5.97 Å². The predicted octanol–water partition coefficient (Wildman–Crippen LogP) is 1.06. The Morgan fingerprint density at radius 2 is 2.17 bits per heavy atom. The van der Waals surface area contributed by atoms with Crippen molar-refractivity contribution in [2.45, 2.75) is 51.8 Å². The zero-order valence-electron chi connectivity index (χ0n) is 11.2. The average molecular weight is 258 g/mol. The lowest BCUT2D eigenvalue weighted by molar-refractivity contribution is -0.138. The second-order valence-corrected chi connectivity index (χ2v) is 4.97. The van der Waals surface area contributed by atoms with Gasteiger partial charge in [-0.3, -0.25) is 4.79 Å². The molecule has 0 radical (unpaired) electrons. The van der Waals surface area contributed by atoms with Crippen LogP contribution in [0.1, 0.15) is 33.6 Å². The molecule has 104 valence electrons. The molecular formula is C12H22N2O4. The molecular weight excluding hydrogens is 236 g/mol. The van der Waals surface area contributed by atoms with Crippen LogP contribution in [0, 0.1) is 0 Å². The maximum Gasteiger partial charge on any atom is 0.323 e. The van der Waals surface area contributed by atoms with Crippen LogP contribution in [0.3, 0.4) is 0 Å². The molecule has 0 aromatic heterocycles. The van der Waals surface area contributed by atoms with E-state index in [0.29, 0.717) is 6.61 Å². The Morgan fingerprint density at radius 1 is 1.50 bits per heavy atom. The summed E-state index contributed by atoms with van der Waals surface area (Å²) in [5.41, 5.74) is 0. The van der Waals surface area contributed by atoms with Crippen molar-refractivity contribution in [3.05, 3.63) is 0 Å². The molecule has 2 N–H and O–H groups in total. The molecule has 2 atom stereocenters. The van der Waals surface area contributed by atoms with Crippen LogP contribution < -0.4 is 5.32 Å². The van der Waals surface area contributed by atoms with Crippen LogP contribution in [0.15, 0.2) is 0 Å². The fraction of sp³-hybridized carbons (Fsp3) is 0.833. The predicted molar refractivity (Wildman–Crippen MR) is 66.4 cm³/mol. The van der Waals surface area contributed by atoms with Crippen molar-refractivity contribution >= 4 is 12.0 Å². The van der Waals surface area contributed by atoms with Crippen LogP contribution >= 0.6 is 0 Å². The van der Waals surface area contributed by atoms with Gasteiger partial charge in [0.15, 0.2) is 0 Å². The summed E-state index contributed by atoms with van der Waals surface area (Å²) in [6.45, 7) is 5.93. The van der Waals surface area contributed by atoms with E-state index >= 15 is 0 Å². The van der Waals surface area contributed by atoms with Gasteiger partial charge in [-0.1, -0.05) is 0 Å². The Kier molecular flexibility index (Phi) is 5.40. The summed E-state index contributed by atoms with van der Waals surface area (Å²) < 4.78 is 5.40. The number of aliphatic carboxylic acids is 1. The van der Waals surface area contributed by atoms with Crippen molar-refractivity contribution in [2.24, 2.45) is 0 Å². The highest BCUT2D eigenvalue weighted by atomic mass is 16.5. The average Bonchev–Trinajstić information content (AvgIpc) is 2.25. The summed E-state index contributed by atoms with van der Waals surface area (Å²) in [4.78, 5) is 24.0. The first-order valence-electron chi connectivity index (χ1n) is 6.30. The van der Waals surface area contributed by atoms with Crippen LogP contribution in [-0.2, 0) is 9.53 Å². The third-order valence-corrected chi connectivity index (χ3v) is 3.00. The number of amides is 2. The van der Waals surface area contributed by atoms with Gasteiger partial charge in [0.1, 0.15) is 6.54 Å². The molecule has 0 aromatic rings. The molecule has 1 aliphatic rings. The number of hydrogen-bond acceptors (Lipinski definition) is 3. The van der Waals surface area contributed by atoms with E-state index in [9.17, 15) is 9.59 Å². The van der Waals surface area contributed by atoms with Crippen molar-refractivity contribution in [2.75, 3.05) is 13.2 Å². The van der Waals surface area contributed by atoms with E-state index in [1.165, 1.54) is 4.90 Å². The van der Waals surface area contributed by atoms with Gasteiger partial charge in [0, 0.05) is 18.7 Å². The van der Waals surface area contributed by atoms with E-state index in [1.807, 2.05) is 6.92 Å². The van der Waals surface area contributed by atoms with Crippen molar-refractivity contribution in [3.8, 4) is 0 Å². The molecule has 0 saturated carbocycles. The van der Waals surface area contributed by atoms with Crippen LogP contribution in [0.4, 0.5) is 4.79 Å². The van der Waals surface area contributed by atoms with Gasteiger partial charge in [-0.25, -0.2) is 4.79 Å². The van der Waals surface area contributed by atoms with E-state index in [1.54, 1.807) is 13.8 Å². The topological polar surface area (TPSA) is 78.9 Å². The third kappa shape index (κ3) is 4.52. The standard InChI is InChI=1S/C12H22N2O4/c1-8(2)14(7-11(15)16)12(17)13-10-4-5-18-9(3)6-10/h8-10H,4-7H2,1-3H3,(H,13,17)(H,15,16). The summed E-state index contributed by atoms with van der Waals surface area (Å²) in [5.74, 6) is -1.00.